The Kier molecular flexibility index (Phi) is 6.30. The molecule has 0 radical (unpaired) electrons. The Morgan fingerprint density at radius 2 is 1.43 bits per heavy atom. The Bertz CT molecular complexity index is 613. The fourth-order valence-electron chi connectivity index (χ4n) is 4.03. The van der Waals surface area contributed by atoms with Crippen LogP contribution >= 0.6 is 0 Å². The van der Waals surface area contributed by atoms with Crippen molar-refractivity contribution in [3.63, 3.8) is 0 Å². The molecule has 120 valence electrons. The molecular weight excluding hydrogens is 287 g/mol. The summed E-state index contributed by atoms with van der Waals surface area (Å²) < 4.78 is 0. The minimum Gasteiger partial charge on any atom is -0.196 e. The molecule has 0 fully saturated rings. The van der Waals surface area contributed by atoms with Crippen molar-refractivity contribution in [3.8, 4) is 0 Å². The van der Waals surface area contributed by atoms with Gasteiger partial charge in [-0.1, -0.05) is 77.2 Å². The molecule has 0 N–H and O–H groups in total. The zero-order valence-corrected chi connectivity index (χ0v) is 17.4. The Morgan fingerprint density at radius 1 is 1.00 bits per heavy atom. The van der Waals surface area contributed by atoms with E-state index in [-0.39, 0.29) is 24.3 Å². The molecule has 0 spiro atoms. The van der Waals surface area contributed by atoms with Crippen molar-refractivity contribution >= 4 is 8.07 Å². The van der Waals surface area contributed by atoms with E-state index in [1.165, 1.54) is 39.4 Å². The number of allylic oxidation sites excluding steroid dienone is 5. The van der Waals surface area contributed by atoms with Gasteiger partial charge in [-0.05, 0) is 17.9 Å². The van der Waals surface area contributed by atoms with Crippen molar-refractivity contribution in [3.05, 3.63) is 64.3 Å². The fraction of sp³-hybridized carbons (Fsp3) is 0.476. The predicted molar refractivity (Wildman–Crippen MR) is 103 cm³/mol. The summed E-state index contributed by atoms with van der Waals surface area (Å²) in [5.41, 5.74) is 8.80. The third kappa shape index (κ3) is 4.08. The van der Waals surface area contributed by atoms with Crippen LogP contribution in [0, 0.1) is 27.7 Å². The minimum absolute atomic E-state index is 0. The third-order valence-corrected chi connectivity index (χ3v) is 6.68. The molecule has 0 saturated carbocycles. The zero-order chi connectivity index (χ0) is 16.7. The standard InChI is InChI=1S/C21H31Si.Li/c1-15(14-22(6,7)8)13-21(11-9-10-12-21)20-18(4)16(2)17(3)19(20)5;/h9-12H,1,13-14H2,2-8H3;/q-1;+1. The molecule has 0 nitrogen and oxygen atoms in total. The molecule has 0 bridgehead atoms. The summed E-state index contributed by atoms with van der Waals surface area (Å²) in [7, 11) is -1.11. The molecule has 2 rings (SSSR count). The van der Waals surface area contributed by atoms with E-state index in [0.29, 0.717) is 0 Å². The van der Waals surface area contributed by atoms with Gasteiger partial charge >= 0.3 is 18.9 Å². The van der Waals surface area contributed by atoms with Gasteiger partial charge in [0.25, 0.3) is 0 Å². The average Bonchev–Trinajstić information content (AvgIpc) is 2.89. The first kappa shape index (κ1) is 20.4. The quantitative estimate of drug-likeness (QED) is 0.444. The van der Waals surface area contributed by atoms with Gasteiger partial charge in [0.1, 0.15) is 0 Å². The van der Waals surface area contributed by atoms with E-state index in [0.717, 1.165) is 6.42 Å². The van der Waals surface area contributed by atoms with Crippen LogP contribution in [0.2, 0.25) is 25.7 Å². The van der Waals surface area contributed by atoms with Crippen LogP contribution < -0.4 is 18.9 Å². The molecular formula is C21H31LiSi. The van der Waals surface area contributed by atoms with Gasteiger partial charge in [-0.15, -0.1) is 12.1 Å². The van der Waals surface area contributed by atoms with Gasteiger partial charge in [0, 0.05) is 8.07 Å². The molecule has 2 heteroatoms. The second kappa shape index (κ2) is 7.10. The van der Waals surface area contributed by atoms with Crippen LogP contribution in [0.4, 0.5) is 0 Å². The zero-order valence-electron chi connectivity index (χ0n) is 16.4. The van der Waals surface area contributed by atoms with E-state index in [9.17, 15) is 0 Å². The average molecular weight is 319 g/mol. The Morgan fingerprint density at radius 3 is 1.83 bits per heavy atom. The number of rotatable bonds is 5. The molecule has 0 atom stereocenters. The van der Waals surface area contributed by atoms with E-state index >= 15 is 0 Å². The molecule has 0 aromatic heterocycles. The predicted octanol–water partition coefficient (Wildman–Crippen LogP) is 3.29. The van der Waals surface area contributed by atoms with Crippen LogP contribution in [-0.2, 0) is 5.41 Å². The summed E-state index contributed by atoms with van der Waals surface area (Å²) in [6.45, 7) is 20.8. The van der Waals surface area contributed by atoms with Crippen molar-refractivity contribution < 1.29 is 18.9 Å². The summed E-state index contributed by atoms with van der Waals surface area (Å²) in [5.74, 6) is 0. The first-order chi connectivity index (χ1) is 10.1. The van der Waals surface area contributed by atoms with E-state index < -0.39 is 8.07 Å². The maximum atomic E-state index is 4.43. The summed E-state index contributed by atoms with van der Waals surface area (Å²) in [4.78, 5) is 0. The van der Waals surface area contributed by atoms with Crippen molar-refractivity contribution in [2.75, 3.05) is 0 Å². The van der Waals surface area contributed by atoms with Gasteiger partial charge in [0.2, 0.25) is 0 Å². The molecule has 1 aromatic rings. The van der Waals surface area contributed by atoms with Crippen LogP contribution in [0.5, 0.6) is 0 Å². The van der Waals surface area contributed by atoms with Gasteiger partial charge in [-0.3, -0.25) is 0 Å². The summed E-state index contributed by atoms with van der Waals surface area (Å²) in [5, 5.41) is 0. The largest absolute Gasteiger partial charge is 1.00 e. The molecule has 1 aliphatic rings. The molecule has 0 saturated heterocycles. The Labute approximate surface area is 156 Å². The Balaban J connectivity index is 0.00000264. The van der Waals surface area contributed by atoms with Crippen molar-refractivity contribution in [2.45, 2.75) is 65.2 Å². The molecule has 1 aromatic carbocycles. The number of hydrogen-bond donors (Lipinski definition) is 0. The monoisotopic (exact) mass is 318 g/mol. The summed E-state index contributed by atoms with van der Waals surface area (Å²) >= 11 is 0. The molecule has 0 unspecified atom stereocenters. The summed E-state index contributed by atoms with van der Waals surface area (Å²) in [6.07, 6.45) is 10.2. The van der Waals surface area contributed by atoms with E-state index in [1.807, 2.05) is 0 Å². The summed E-state index contributed by atoms with van der Waals surface area (Å²) in [6, 6.07) is 1.22. The van der Waals surface area contributed by atoms with E-state index in [4.69, 9.17) is 0 Å². The van der Waals surface area contributed by atoms with E-state index in [1.54, 1.807) is 0 Å². The maximum absolute atomic E-state index is 4.43. The SMILES string of the molecule is C=C(CC1([c-]2c(C)c(C)c(C)c2C)C=CC=C1)C[Si](C)(C)C.[Li+]. The van der Waals surface area contributed by atoms with Crippen LogP contribution in [0.3, 0.4) is 0 Å². The first-order valence-electron chi connectivity index (χ1n) is 8.35. The normalized spacial score (nSPS) is 15.8. The molecule has 0 heterocycles. The molecule has 0 amide bonds. The topological polar surface area (TPSA) is 0 Å². The molecule has 23 heavy (non-hydrogen) atoms. The smallest absolute Gasteiger partial charge is 0.196 e. The molecule has 0 aliphatic heterocycles. The van der Waals surface area contributed by atoms with Crippen LogP contribution in [0.1, 0.15) is 34.2 Å². The van der Waals surface area contributed by atoms with Crippen molar-refractivity contribution in [1.82, 2.24) is 0 Å². The van der Waals surface area contributed by atoms with Crippen LogP contribution in [0.15, 0.2) is 36.5 Å². The van der Waals surface area contributed by atoms with E-state index in [2.05, 4.69) is 78.2 Å². The second-order valence-electron chi connectivity index (χ2n) is 8.30. The first-order valence-corrected chi connectivity index (χ1v) is 12.1. The van der Waals surface area contributed by atoms with Crippen molar-refractivity contribution in [2.24, 2.45) is 0 Å². The minimum atomic E-state index is -1.11. The number of hydrogen-bond acceptors (Lipinski definition) is 0. The second-order valence-corrected chi connectivity index (χ2v) is 13.8. The van der Waals surface area contributed by atoms with Gasteiger partial charge in [-0.25, -0.2) is 0 Å². The molecule has 1 aliphatic carbocycles. The van der Waals surface area contributed by atoms with Gasteiger partial charge in [0.05, 0.1) is 0 Å². The van der Waals surface area contributed by atoms with Crippen LogP contribution in [0.25, 0.3) is 0 Å². The van der Waals surface area contributed by atoms with Gasteiger partial charge in [0.15, 0.2) is 0 Å². The maximum Gasteiger partial charge on any atom is 1.00 e. The van der Waals surface area contributed by atoms with Gasteiger partial charge in [-0.2, -0.15) is 22.3 Å². The Hall–Kier alpha value is -0.616. The van der Waals surface area contributed by atoms with Gasteiger partial charge < -0.3 is 0 Å². The van der Waals surface area contributed by atoms with Crippen molar-refractivity contribution in [1.29, 1.82) is 0 Å². The van der Waals surface area contributed by atoms with Crippen LogP contribution in [-0.4, -0.2) is 8.07 Å². The fourth-order valence-corrected chi connectivity index (χ4v) is 5.65. The third-order valence-electron chi connectivity index (χ3n) is 5.12.